The van der Waals surface area contributed by atoms with Gasteiger partial charge in [0, 0.05) is 16.1 Å². The monoisotopic (exact) mass is 302 g/mol. The van der Waals surface area contributed by atoms with Crippen LogP contribution in [-0.4, -0.2) is 37.6 Å². The molecule has 0 aliphatic carbocycles. The van der Waals surface area contributed by atoms with E-state index in [-0.39, 0.29) is 0 Å². The van der Waals surface area contributed by atoms with Crippen LogP contribution in [0.15, 0.2) is 18.2 Å². The second-order valence-corrected chi connectivity index (χ2v) is 5.58. The first kappa shape index (κ1) is 16.8. The molecule has 1 aromatic carbocycles. The van der Waals surface area contributed by atoms with Crippen molar-refractivity contribution in [3.8, 4) is 0 Å². The molecule has 0 saturated heterocycles. The second-order valence-electron chi connectivity index (χ2n) is 4.74. The number of likely N-dealkylation sites (N-methyl/N-ethyl adjacent to an activating group) is 1. The molecule has 19 heavy (non-hydrogen) atoms. The summed E-state index contributed by atoms with van der Waals surface area (Å²) in [4.78, 5) is 2.44. The van der Waals surface area contributed by atoms with Crippen LogP contribution in [0.3, 0.4) is 0 Å². The highest BCUT2D eigenvalue weighted by Crippen LogP contribution is 2.22. The van der Waals surface area contributed by atoms with E-state index in [1.165, 1.54) is 0 Å². The van der Waals surface area contributed by atoms with Crippen LogP contribution in [0, 0.1) is 0 Å². The van der Waals surface area contributed by atoms with Gasteiger partial charge in [-0.15, -0.1) is 0 Å². The van der Waals surface area contributed by atoms with Gasteiger partial charge >= 0.3 is 0 Å². The third-order valence-corrected chi connectivity index (χ3v) is 4.16. The van der Waals surface area contributed by atoms with Crippen LogP contribution in [0.4, 0.5) is 0 Å². The third kappa shape index (κ3) is 5.70. The molecule has 0 heterocycles. The molecule has 0 saturated carbocycles. The molecule has 1 atom stereocenters. The van der Waals surface area contributed by atoms with E-state index in [9.17, 15) is 0 Å². The summed E-state index contributed by atoms with van der Waals surface area (Å²) < 4.78 is 0. The Morgan fingerprint density at radius 1 is 1.21 bits per heavy atom. The summed E-state index contributed by atoms with van der Waals surface area (Å²) in [7, 11) is 2.01. The summed E-state index contributed by atoms with van der Waals surface area (Å²) in [5.74, 6) is 0. The lowest BCUT2D eigenvalue weighted by Crippen LogP contribution is -2.33. The fraction of sp³-hybridized carbons (Fsp3) is 0.600. The van der Waals surface area contributed by atoms with Crippen LogP contribution in [0.5, 0.6) is 0 Å². The smallest absolute Gasteiger partial charge is 0.0453 e. The molecule has 4 heteroatoms. The molecule has 0 amide bonds. The van der Waals surface area contributed by atoms with Crippen molar-refractivity contribution in [2.24, 2.45) is 0 Å². The molecule has 108 valence electrons. The number of benzene rings is 1. The SMILES string of the molecule is CCN(CC)CCC(Cc1ccc(Cl)cc1Cl)NC. The van der Waals surface area contributed by atoms with E-state index in [1.807, 2.05) is 25.2 Å². The van der Waals surface area contributed by atoms with Crippen LogP contribution in [-0.2, 0) is 6.42 Å². The minimum atomic E-state index is 0.444. The van der Waals surface area contributed by atoms with Gasteiger partial charge in [0.05, 0.1) is 0 Å². The molecule has 1 rings (SSSR count). The molecular formula is C15H24Cl2N2. The first-order chi connectivity index (χ1) is 9.10. The molecule has 0 fully saturated rings. The van der Waals surface area contributed by atoms with Gasteiger partial charge in [0.1, 0.15) is 0 Å². The van der Waals surface area contributed by atoms with Gasteiger partial charge in [-0.25, -0.2) is 0 Å². The normalized spacial score (nSPS) is 12.9. The molecule has 1 N–H and O–H groups in total. The Balaban J connectivity index is 2.56. The highest BCUT2D eigenvalue weighted by Gasteiger charge is 2.11. The van der Waals surface area contributed by atoms with Crippen molar-refractivity contribution in [2.45, 2.75) is 32.7 Å². The topological polar surface area (TPSA) is 15.3 Å². The molecule has 1 aromatic rings. The highest BCUT2D eigenvalue weighted by atomic mass is 35.5. The van der Waals surface area contributed by atoms with Crippen LogP contribution in [0.2, 0.25) is 10.0 Å². The third-order valence-electron chi connectivity index (χ3n) is 3.58. The highest BCUT2D eigenvalue weighted by molar-refractivity contribution is 6.35. The number of hydrogen-bond acceptors (Lipinski definition) is 2. The minimum absolute atomic E-state index is 0.444. The van der Waals surface area contributed by atoms with Gasteiger partial charge in [0.25, 0.3) is 0 Å². The fourth-order valence-corrected chi connectivity index (χ4v) is 2.67. The van der Waals surface area contributed by atoms with Crippen molar-refractivity contribution in [3.05, 3.63) is 33.8 Å². The summed E-state index contributed by atoms with van der Waals surface area (Å²) in [6.07, 6.45) is 2.06. The number of halogens is 2. The molecule has 0 aliphatic rings. The lowest BCUT2D eigenvalue weighted by Gasteiger charge is -2.23. The molecule has 0 bridgehead atoms. The van der Waals surface area contributed by atoms with Gasteiger partial charge in [-0.05, 0) is 57.2 Å². The fourth-order valence-electron chi connectivity index (χ4n) is 2.18. The van der Waals surface area contributed by atoms with E-state index in [4.69, 9.17) is 23.2 Å². The van der Waals surface area contributed by atoms with E-state index in [1.54, 1.807) is 0 Å². The molecule has 2 nitrogen and oxygen atoms in total. The van der Waals surface area contributed by atoms with Crippen LogP contribution >= 0.6 is 23.2 Å². The van der Waals surface area contributed by atoms with E-state index in [2.05, 4.69) is 24.1 Å². The van der Waals surface area contributed by atoms with Gasteiger partial charge in [-0.2, -0.15) is 0 Å². The van der Waals surface area contributed by atoms with E-state index < -0.39 is 0 Å². The van der Waals surface area contributed by atoms with Crippen molar-refractivity contribution in [2.75, 3.05) is 26.7 Å². The summed E-state index contributed by atoms with van der Waals surface area (Å²) in [6.45, 7) is 7.73. The van der Waals surface area contributed by atoms with Gasteiger partial charge < -0.3 is 10.2 Å². The summed E-state index contributed by atoms with van der Waals surface area (Å²) in [5.41, 5.74) is 1.16. The molecule has 0 aliphatic heterocycles. The first-order valence-electron chi connectivity index (χ1n) is 6.94. The van der Waals surface area contributed by atoms with Crippen molar-refractivity contribution in [1.82, 2.24) is 10.2 Å². The van der Waals surface area contributed by atoms with Crippen molar-refractivity contribution >= 4 is 23.2 Å². The van der Waals surface area contributed by atoms with Gasteiger partial charge in [0.15, 0.2) is 0 Å². The second kappa shape index (κ2) is 8.80. The van der Waals surface area contributed by atoms with E-state index in [0.717, 1.165) is 43.1 Å². The quantitative estimate of drug-likeness (QED) is 0.784. The Labute approximate surface area is 127 Å². The number of rotatable bonds is 8. The van der Waals surface area contributed by atoms with Crippen molar-refractivity contribution in [1.29, 1.82) is 0 Å². The van der Waals surface area contributed by atoms with Crippen LogP contribution in [0.1, 0.15) is 25.8 Å². The van der Waals surface area contributed by atoms with E-state index in [0.29, 0.717) is 11.1 Å². The zero-order chi connectivity index (χ0) is 14.3. The predicted molar refractivity (Wildman–Crippen MR) is 85.4 cm³/mol. The van der Waals surface area contributed by atoms with E-state index >= 15 is 0 Å². The van der Waals surface area contributed by atoms with Crippen molar-refractivity contribution in [3.63, 3.8) is 0 Å². The Morgan fingerprint density at radius 3 is 2.42 bits per heavy atom. The first-order valence-corrected chi connectivity index (χ1v) is 7.69. The minimum Gasteiger partial charge on any atom is -0.317 e. The lowest BCUT2D eigenvalue weighted by atomic mass is 10.0. The Bertz CT molecular complexity index is 378. The summed E-state index contributed by atoms with van der Waals surface area (Å²) >= 11 is 12.1. The summed E-state index contributed by atoms with van der Waals surface area (Å²) in [6, 6.07) is 6.18. The lowest BCUT2D eigenvalue weighted by molar-refractivity contribution is 0.283. The molecule has 1 unspecified atom stereocenters. The summed E-state index contributed by atoms with van der Waals surface area (Å²) in [5, 5.41) is 4.83. The predicted octanol–water partition coefficient (Wildman–Crippen LogP) is 3.86. The Hall–Kier alpha value is -0.280. The average Bonchev–Trinajstić information content (AvgIpc) is 2.41. The standard InChI is InChI=1S/C15H24Cl2N2/c1-4-19(5-2)9-8-14(18-3)10-12-6-7-13(16)11-15(12)17/h6-7,11,14,18H,4-5,8-10H2,1-3H3. The Kier molecular flexibility index (Phi) is 7.77. The molecule has 0 aromatic heterocycles. The number of nitrogens with zero attached hydrogens (tertiary/aromatic N) is 1. The largest absolute Gasteiger partial charge is 0.317 e. The van der Waals surface area contributed by atoms with Gasteiger partial charge in [-0.3, -0.25) is 0 Å². The van der Waals surface area contributed by atoms with Gasteiger partial charge in [0.2, 0.25) is 0 Å². The molecular weight excluding hydrogens is 279 g/mol. The maximum Gasteiger partial charge on any atom is 0.0453 e. The molecule has 0 radical (unpaired) electrons. The number of nitrogens with one attached hydrogen (secondary N) is 1. The maximum atomic E-state index is 6.23. The molecule has 0 spiro atoms. The maximum absolute atomic E-state index is 6.23. The van der Waals surface area contributed by atoms with Crippen molar-refractivity contribution < 1.29 is 0 Å². The van der Waals surface area contributed by atoms with Crippen LogP contribution < -0.4 is 5.32 Å². The number of hydrogen-bond donors (Lipinski definition) is 1. The average molecular weight is 303 g/mol. The zero-order valence-electron chi connectivity index (χ0n) is 12.0. The van der Waals surface area contributed by atoms with Crippen LogP contribution in [0.25, 0.3) is 0 Å². The van der Waals surface area contributed by atoms with Gasteiger partial charge in [-0.1, -0.05) is 43.1 Å². The Morgan fingerprint density at radius 2 is 1.89 bits per heavy atom. The zero-order valence-corrected chi connectivity index (χ0v) is 13.6.